The molecule has 3 aliphatic heterocycles. The minimum atomic E-state index is -0.533. The number of rotatable bonds is 12. The van der Waals surface area contributed by atoms with E-state index in [0.717, 1.165) is 77.0 Å². The quantitative estimate of drug-likeness (QED) is 0.129. The van der Waals surface area contributed by atoms with Crippen molar-refractivity contribution in [3.63, 3.8) is 0 Å². The molecule has 5 aromatic rings. The average Bonchev–Trinajstić information content (AvgIpc) is 3.77. The van der Waals surface area contributed by atoms with Crippen molar-refractivity contribution in [1.29, 1.82) is 0 Å². The lowest BCUT2D eigenvalue weighted by Crippen LogP contribution is -2.52. The summed E-state index contributed by atoms with van der Waals surface area (Å²) in [4.78, 5) is 16.8. The molecule has 286 valence electrons. The first kappa shape index (κ1) is 37.0. The van der Waals surface area contributed by atoms with Gasteiger partial charge in [0, 0.05) is 62.8 Å². The van der Waals surface area contributed by atoms with Gasteiger partial charge in [-0.3, -0.25) is 4.90 Å². The van der Waals surface area contributed by atoms with Crippen LogP contribution in [-0.4, -0.2) is 92.4 Å². The van der Waals surface area contributed by atoms with E-state index < -0.39 is 6.29 Å². The molecule has 0 bridgehead atoms. The molecule has 0 radical (unpaired) electrons. The first-order valence-corrected chi connectivity index (χ1v) is 19.4. The predicted molar refractivity (Wildman–Crippen MR) is 218 cm³/mol. The van der Waals surface area contributed by atoms with Crippen LogP contribution >= 0.6 is 11.6 Å². The van der Waals surface area contributed by atoms with Crippen LogP contribution in [0.2, 0.25) is 5.02 Å². The Bertz CT molecular complexity index is 2050. The molecule has 2 N–H and O–H groups in total. The number of anilines is 5. The summed E-state index contributed by atoms with van der Waals surface area (Å²) in [6, 6.07) is 31.1. The normalized spacial score (nSPS) is 17.3. The highest BCUT2D eigenvalue weighted by atomic mass is 35.5. The van der Waals surface area contributed by atoms with E-state index in [1.54, 1.807) is 13.3 Å². The van der Waals surface area contributed by atoms with Crippen LogP contribution in [0.4, 0.5) is 28.8 Å². The van der Waals surface area contributed by atoms with Crippen molar-refractivity contribution in [2.75, 3.05) is 82.2 Å². The maximum atomic E-state index is 6.65. The van der Waals surface area contributed by atoms with E-state index in [4.69, 9.17) is 35.5 Å². The van der Waals surface area contributed by atoms with Crippen molar-refractivity contribution < 1.29 is 18.9 Å². The highest BCUT2D eigenvalue weighted by Gasteiger charge is 2.28. The second kappa shape index (κ2) is 17.3. The van der Waals surface area contributed by atoms with E-state index >= 15 is 0 Å². The van der Waals surface area contributed by atoms with Gasteiger partial charge in [-0.15, -0.1) is 0 Å². The molecule has 0 atom stereocenters. The van der Waals surface area contributed by atoms with Gasteiger partial charge in [-0.2, -0.15) is 4.98 Å². The fraction of sp³-hybridized carbons (Fsp3) is 0.349. The molecule has 11 nitrogen and oxygen atoms in total. The number of hydrogen-bond acceptors (Lipinski definition) is 11. The lowest BCUT2D eigenvalue weighted by Gasteiger charge is -2.42. The minimum Gasteiger partial charge on any atom is -0.494 e. The summed E-state index contributed by atoms with van der Waals surface area (Å²) < 4.78 is 24.2. The van der Waals surface area contributed by atoms with Gasteiger partial charge < -0.3 is 39.4 Å². The Balaban J connectivity index is 0.965. The minimum absolute atomic E-state index is 0.392. The highest BCUT2D eigenvalue weighted by Crippen LogP contribution is 2.41. The third kappa shape index (κ3) is 8.82. The number of piperazine rings is 1. The summed E-state index contributed by atoms with van der Waals surface area (Å²) in [6.45, 7) is 8.17. The van der Waals surface area contributed by atoms with Gasteiger partial charge in [0.15, 0.2) is 12.1 Å². The second-order valence-corrected chi connectivity index (χ2v) is 14.6. The molecule has 3 saturated heterocycles. The van der Waals surface area contributed by atoms with Gasteiger partial charge >= 0.3 is 0 Å². The van der Waals surface area contributed by atoms with Crippen molar-refractivity contribution >= 4 is 40.4 Å². The summed E-state index contributed by atoms with van der Waals surface area (Å²) in [5, 5.41) is 7.15. The summed E-state index contributed by atoms with van der Waals surface area (Å²) >= 11 is 6.65. The number of nitrogens with one attached hydrogen (secondary N) is 2. The number of benzene rings is 4. The summed E-state index contributed by atoms with van der Waals surface area (Å²) in [5.74, 6) is 2.30. The fourth-order valence-electron chi connectivity index (χ4n) is 7.62. The molecule has 4 heterocycles. The van der Waals surface area contributed by atoms with Crippen LogP contribution < -0.4 is 25.0 Å². The average molecular weight is 762 g/mol. The van der Waals surface area contributed by atoms with E-state index in [-0.39, 0.29) is 0 Å². The van der Waals surface area contributed by atoms with Gasteiger partial charge in [-0.1, -0.05) is 66.2 Å². The predicted octanol–water partition coefficient (Wildman–Crippen LogP) is 8.13. The summed E-state index contributed by atoms with van der Waals surface area (Å²) in [6.07, 6.45) is 3.40. The lowest BCUT2D eigenvalue weighted by atomic mass is 9.97. The van der Waals surface area contributed by atoms with Crippen LogP contribution in [-0.2, 0) is 16.1 Å². The molecule has 8 rings (SSSR count). The Morgan fingerprint density at radius 2 is 1.60 bits per heavy atom. The molecule has 3 aliphatic rings. The van der Waals surface area contributed by atoms with Crippen molar-refractivity contribution in [2.45, 2.75) is 31.8 Å². The Kier molecular flexibility index (Phi) is 11.6. The van der Waals surface area contributed by atoms with E-state index in [2.05, 4.69) is 67.7 Å². The number of methoxy groups -OCH3 is 1. The van der Waals surface area contributed by atoms with E-state index in [9.17, 15) is 0 Å². The summed E-state index contributed by atoms with van der Waals surface area (Å²) in [5.41, 5.74) is 6.57. The third-order valence-electron chi connectivity index (χ3n) is 10.7. The standard InChI is InChI=1S/C43H48ClN7O4/c1-49-20-22-51(23-21-49)33-16-18-50(19-17-33)34-14-15-37(39(27-34)52-2)47-43-45-28-36(44)41(48-43)46-32-11-6-10-31(26-32)35-12-7-13-38(40(35)42-53-24-25-54-42)55-29-30-8-4-3-5-9-30/h3-15,26-28,33,42H,16-25,29H2,1-2H3,(H2,45,46,47,48). The SMILES string of the molecule is COc1cc(N2CCC(N3CCN(C)CC3)CC2)ccc1Nc1ncc(Cl)c(Nc2cccc(-c3cccc(OCc4ccccc4)c3C3OCCO3)c2)n1. The molecule has 0 saturated carbocycles. The van der Waals surface area contributed by atoms with Crippen molar-refractivity contribution in [3.8, 4) is 22.6 Å². The number of ether oxygens (including phenoxy) is 4. The number of piperidine rings is 1. The molecular formula is C43H48ClN7O4. The van der Waals surface area contributed by atoms with Crippen LogP contribution in [0.1, 0.15) is 30.3 Å². The molecular weight excluding hydrogens is 714 g/mol. The van der Waals surface area contributed by atoms with Crippen LogP contribution in [0, 0.1) is 0 Å². The first-order valence-electron chi connectivity index (χ1n) is 19.1. The highest BCUT2D eigenvalue weighted by molar-refractivity contribution is 6.32. The summed E-state index contributed by atoms with van der Waals surface area (Å²) in [7, 11) is 3.90. The van der Waals surface area contributed by atoms with Gasteiger partial charge in [-0.05, 0) is 66.9 Å². The molecule has 3 fully saturated rings. The number of halogens is 1. The molecule has 0 spiro atoms. The van der Waals surface area contributed by atoms with Gasteiger partial charge in [0.25, 0.3) is 0 Å². The van der Waals surface area contributed by atoms with E-state index in [1.807, 2.05) is 60.7 Å². The fourth-order valence-corrected chi connectivity index (χ4v) is 7.76. The molecule has 12 heteroatoms. The Hall–Kier alpha value is -4.91. The zero-order valence-corrected chi connectivity index (χ0v) is 32.2. The zero-order valence-electron chi connectivity index (χ0n) is 31.4. The first-order chi connectivity index (χ1) is 27.0. The Morgan fingerprint density at radius 1 is 0.818 bits per heavy atom. The topological polar surface area (TPSA) is 96.5 Å². The smallest absolute Gasteiger partial charge is 0.229 e. The molecule has 0 unspecified atom stereocenters. The van der Waals surface area contributed by atoms with Crippen molar-refractivity contribution in [3.05, 3.63) is 113 Å². The van der Waals surface area contributed by atoms with Crippen LogP contribution in [0.5, 0.6) is 11.5 Å². The number of nitrogens with zero attached hydrogens (tertiary/aromatic N) is 5. The largest absolute Gasteiger partial charge is 0.494 e. The van der Waals surface area contributed by atoms with Crippen LogP contribution in [0.15, 0.2) is 97.2 Å². The zero-order chi connectivity index (χ0) is 37.6. The van der Waals surface area contributed by atoms with E-state index in [0.29, 0.717) is 42.7 Å². The molecule has 4 aromatic carbocycles. The molecule has 55 heavy (non-hydrogen) atoms. The third-order valence-corrected chi connectivity index (χ3v) is 10.9. The van der Waals surface area contributed by atoms with Gasteiger partial charge in [0.05, 0.1) is 37.8 Å². The maximum absolute atomic E-state index is 6.65. The number of hydrogen-bond donors (Lipinski definition) is 2. The van der Waals surface area contributed by atoms with Crippen molar-refractivity contribution in [1.82, 2.24) is 19.8 Å². The molecule has 1 aromatic heterocycles. The van der Waals surface area contributed by atoms with Gasteiger partial charge in [0.2, 0.25) is 5.95 Å². The number of aromatic nitrogens is 2. The second-order valence-electron chi connectivity index (χ2n) is 14.2. The maximum Gasteiger partial charge on any atom is 0.229 e. The van der Waals surface area contributed by atoms with Gasteiger partial charge in [0.1, 0.15) is 23.1 Å². The van der Waals surface area contributed by atoms with Crippen LogP contribution in [0.3, 0.4) is 0 Å². The Morgan fingerprint density at radius 3 is 2.38 bits per heavy atom. The molecule has 0 amide bonds. The molecule has 0 aliphatic carbocycles. The number of likely N-dealkylation sites (N-methyl/N-ethyl adjacent to an activating group) is 1. The van der Waals surface area contributed by atoms with Crippen LogP contribution in [0.25, 0.3) is 11.1 Å². The Labute approximate surface area is 328 Å². The lowest BCUT2D eigenvalue weighted by molar-refractivity contribution is -0.0454. The van der Waals surface area contributed by atoms with E-state index in [1.165, 1.54) is 25.9 Å². The van der Waals surface area contributed by atoms with Crippen molar-refractivity contribution in [2.24, 2.45) is 0 Å². The monoisotopic (exact) mass is 761 g/mol. The van der Waals surface area contributed by atoms with Gasteiger partial charge in [-0.25, -0.2) is 4.98 Å².